The maximum atomic E-state index is 5.54. The standard InChI is InChI=1S/C56H52N6/c1-5-17-37(18-6-1)47-35-48(38-19-7-2-8-20-38)59-56(58-47)62-51-28-16-14-26-44(51)46-33-41(30-32-52(46)62)42-29-31-45-43-25-13-15-27-50(43)61(53(45)34-42)54-36-49(39-21-9-3-10-22-39)57-55(60-54)40-23-11-4-12-24-40/h1-11,13-19,21,23,25-32,34,36,38-39,41,46-48,52,54H,12,20,22,24,33,35H2,(H,57,60)(H,58,59). The minimum Gasteiger partial charge on any atom is -0.352 e. The molecule has 4 aliphatic carbocycles. The van der Waals surface area contributed by atoms with Crippen LogP contribution in [0.4, 0.5) is 5.69 Å². The molecule has 0 saturated carbocycles. The van der Waals surface area contributed by atoms with Crippen molar-refractivity contribution in [3.63, 3.8) is 0 Å². The molecule has 4 heterocycles. The van der Waals surface area contributed by atoms with Gasteiger partial charge in [-0.05, 0) is 85.1 Å². The molecule has 0 fully saturated rings. The van der Waals surface area contributed by atoms with E-state index >= 15 is 0 Å². The number of anilines is 1. The molecule has 6 heteroatoms. The Morgan fingerprint density at radius 3 is 2.34 bits per heavy atom. The Bertz CT molecular complexity index is 2880. The molecular formula is C56H52N6. The number of nitrogens with zero attached hydrogens (tertiary/aromatic N) is 4. The Balaban J connectivity index is 0.925. The zero-order valence-corrected chi connectivity index (χ0v) is 35.0. The van der Waals surface area contributed by atoms with Crippen LogP contribution in [0.15, 0.2) is 203 Å². The van der Waals surface area contributed by atoms with E-state index in [9.17, 15) is 0 Å². The van der Waals surface area contributed by atoms with E-state index in [0.29, 0.717) is 11.8 Å². The number of aromatic nitrogens is 1. The molecule has 0 bridgehead atoms. The second-order valence-electron chi connectivity index (χ2n) is 17.9. The van der Waals surface area contributed by atoms with Gasteiger partial charge in [0.15, 0.2) is 5.96 Å². The molecule has 3 aliphatic heterocycles. The third-order valence-electron chi connectivity index (χ3n) is 14.3. The predicted octanol–water partition coefficient (Wildman–Crippen LogP) is 12.2. The van der Waals surface area contributed by atoms with Crippen molar-refractivity contribution in [2.45, 2.75) is 74.7 Å². The molecule has 8 unspecified atom stereocenters. The van der Waals surface area contributed by atoms with Crippen LogP contribution >= 0.6 is 0 Å². The Kier molecular flexibility index (Phi) is 9.38. The summed E-state index contributed by atoms with van der Waals surface area (Å²) in [5, 5.41) is 10.4. The minimum absolute atomic E-state index is 0.0975. The molecule has 8 atom stereocenters. The quantitative estimate of drug-likeness (QED) is 0.168. The van der Waals surface area contributed by atoms with Crippen molar-refractivity contribution in [2.75, 3.05) is 4.90 Å². The smallest absolute Gasteiger partial charge is 0.199 e. The van der Waals surface area contributed by atoms with Crippen molar-refractivity contribution in [1.29, 1.82) is 0 Å². The molecule has 2 N–H and O–H groups in total. The lowest BCUT2D eigenvalue weighted by Gasteiger charge is -2.40. The first-order chi connectivity index (χ1) is 30.7. The van der Waals surface area contributed by atoms with Crippen LogP contribution in [0.2, 0.25) is 0 Å². The number of guanidine groups is 1. The van der Waals surface area contributed by atoms with Crippen LogP contribution < -0.4 is 15.5 Å². The fraction of sp³-hybridized carbons (Fsp3) is 0.250. The van der Waals surface area contributed by atoms with Crippen LogP contribution in [0.1, 0.15) is 79.3 Å². The van der Waals surface area contributed by atoms with E-state index in [0.717, 1.165) is 50.3 Å². The molecular weight excluding hydrogens is 757 g/mol. The van der Waals surface area contributed by atoms with Gasteiger partial charge < -0.3 is 20.1 Å². The number of aliphatic imine (C=N–C) groups is 2. The van der Waals surface area contributed by atoms with Gasteiger partial charge in [-0.2, -0.15) is 0 Å². The van der Waals surface area contributed by atoms with E-state index in [4.69, 9.17) is 9.98 Å². The zero-order valence-electron chi connectivity index (χ0n) is 35.0. The first kappa shape index (κ1) is 37.1. The highest BCUT2D eigenvalue weighted by atomic mass is 15.4. The topological polar surface area (TPSA) is 57.0 Å². The fourth-order valence-corrected chi connectivity index (χ4v) is 11.2. The molecule has 0 amide bonds. The second-order valence-corrected chi connectivity index (χ2v) is 17.9. The van der Waals surface area contributed by atoms with Crippen LogP contribution in [-0.2, 0) is 0 Å². The summed E-state index contributed by atoms with van der Waals surface area (Å²) in [4.78, 5) is 13.6. The van der Waals surface area contributed by atoms with E-state index in [-0.39, 0.29) is 36.1 Å². The Hall–Kier alpha value is -6.66. The molecule has 0 spiro atoms. The average molecular weight is 809 g/mol. The average Bonchev–Trinajstić information content (AvgIpc) is 3.87. The van der Waals surface area contributed by atoms with Crippen molar-refractivity contribution >= 4 is 39.3 Å². The van der Waals surface area contributed by atoms with Crippen molar-refractivity contribution < 1.29 is 0 Å². The lowest BCUT2D eigenvalue weighted by Crippen LogP contribution is -2.54. The maximum Gasteiger partial charge on any atom is 0.199 e. The second kappa shape index (κ2) is 15.7. The number of para-hydroxylation sites is 2. The number of rotatable bonds is 6. The van der Waals surface area contributed by atoms with Gasteiger partial charge in [0.05, 0.1) is 23.1 Å². The predicted molar refractivity (Wildman–Crippen MR) is 256 cm³/mol. The van der Waals surface area contributed by atoms with Crippen LogP contribution in [0.3, 0.4) is 0 Å². The summed E-state index contributed by atoms with van der Waals surface area (Å²) in [7, 11) is 0. The van der Waals surface area contributed by atoms with E-state index in [1.165, 1.54) is 55.5 Å². The SMILES string of the molecule is C1=CCCC(C2=NC(n3c4ccccc4c4ccc(C5C=CC6C(C5)c5ccccc5N6C5=NC(c6ccccc6)CC(C6C=CC=CC6)N5)cc43)C=C(C3C=CC=CC3)N2)=C1. The van der Waals surface area contributed by atoms with Crippen molar-refractivity contribution in [3.05, 3.63) is 210 Å². The van der Waals surface area contributed by atoms with Gasteiger partial charge in [0.2, 0.25) is 0 Å². The van der Waals surface area contributed by atoms with Gasteiger partial charge in [0.1, 0.15) is 12.0 Å². The highest BCUT2D eigenvalue weighted by Gasteiger charge is 2.44. The van der Waals surface area contributed by atoms with Crippen LogP contribution in [0, 0.1) is 11.8 Å². The molecule has 4 aromatic carbocycles. The number of amidine groups is 1. The number of fused-ring (bicyclic) bond motifs is 6. The van der Waals surface area contributed by atoms with Gasteiger partial charge in [0.25, 0.3) is 0 Å². The first-order valence-corrected chi connectivity index (χ1v) is 22.8. The van der Waals surface area contributed by atoms with Gasteiger partial charge in [-0.3, -0.25) is 0 Å². The molecule has 7 aliphatic rings. The summed E-state index contributed by atoms with van der Waals surface area (Å²) < 4.78 is 2.50. The van der Waals surface area contributed by atoms with Crippen molar-refractivity contribution in [1.82, 2.24) is 15.2 Å². The lowest BCUT2D eigenvalue weighted by atomic mass is 9.78. The molecule has 306 valence electrons. The third kappa shape index (κ3) is 6.55. The van der Waals surface area contributed by atoms with Gasteiger partial charge in [-0.15, -0.1) is 0 Å². The third-order valence-corrected chi connectivity index (χ3v) is 14.3. The van der Waals surface area contributed by atoms with Crippen LogP contribution in [0.5, 0.6) is 0 Å². The van der Waals surface area contributed by atoms with Gasteiger partial charge in [-0.1, -0.05) is 158 Å². The zero-order chi connectivity index (χ0) is 41.0. The van der Waals surface area contributed by atoms with Crippen molar-refractivity contribution in [2.24, 2.45) is 21.8 Å². The first-order valence-electron chi connectivity index (χ1n) is 22.8. The number of allylic oxidation sites excluding steroid dienone is 11. The fourth-order valence-electron chi connectivity index (χ4n) is 11.2. The molecule has 62 heavy (non-hydrogen) atoms. The summed E-state index contributed by atoms with van der Waals surface area (Å²) in [5.74, 6) is 3.31. The van der Waals surface area contributed by atoms with E-state index in [2.05, 4.69) is 202 Å². The highest BCUT2D eigenvalue weighted by molar-refractivity contribution is 6.09. The number of hydrogen-bond donors (Lipinski definition) is 2. The minimum atomic E-state index is -0.181. The summed E-state index contributed by atoms with van der Waals surface area (Å²) in [6, 6.07) is 36.7. The molecule has 1 aromatic heterocycles. The van der Waals surface area contributed by atoms with Crippen LogP contribution in [-0.4, -0.2) is 28.4 Å². The summed E-state index contributed by atoms with van der Waals surface area (Å²) in [6.07, 6.45) is 37.9. The molecule has 5 aromatic rings. The van der Waals surface area contributed by atoms with E-state index in [1.54, 1.807) is 0 Å². The Morgan fingerprint density at radius 2 is 1.48 bits per heavy atom. The van der Waals surface area contributed by atoms with Gasteiger partial charge in [0, 0.05) is 51.9 Å². The Labute approximate surface area is 364 Å². The Morgan fingerprint density at radius 1 is 0.645 bits per heavy atom. The number of nitrogens with one attached hydrogen (secondary N) is 2. The molecule has 12 rings (SSSR count). The highest BCUT2D eigenvalue weighted by Crippen LogP contribution is 2.50. The summed E-state index contributed by atoms with van der Waals surface area (Å²) in [6.45, 7) is 0. The normalized spacial score (nSPS) is 28.5. The maximum absolute atomic E-state index is 5.54. The molecule has 0 radical (unpaired) electrons. The summed E-state index contributed by atoms with van der Waals surface area (Å²) >= 11 is 0. The summed E-state index contributed by atoms with van der Waals surface area (Å²) in [5.41, 5.74) is 10.3. The number of hydrogen-bond acceptors (Lipinski definition) is 5. The number of benzene rings is 4. The van der Waals surface area contributed by atoms with E-state index in [1.807, 2.05) is 0 Å². The molecule has 0 saturated heterocycles. The van der Waals surface area contributed by atoms with Gasteiger partial charge >= 0.3 is 0 Å². The van der Waals surface area contributed by atoms with Crippen molar-refractivity contribution in [3.8, 4) is 0 Å². The van der Waals surface area contributed by atoms with Gasteiger partial charge in [-0.25, -0.2) is 9.98 Å². The largest absolute Gasteiger partial charge is 0.352 e. The molecule has 6 nitrogen and oxygen atoms in total. The lowest BCUT2D eigenvalue weighted by molar-refractivity contribution is 0.382. The monoisotopic (exact) mass is 808 g/mol. The van der Waals surface area contributed by atoms with E-state index < -0.39 is 0 Å². The van der Waals surface area contributed by atoms with Crippen LogP contribution in [0.25, 0.3) is 21.8 Å².